The van der Waals surface area contributed by atoms with Gasteiger partial charge in [0.25, 0.3) is 0 Å². The van der Waals surface area contributed by atoms with Crippen molar-refractivity contribution in [1.29, 1.82) is 0 Å². The van der Waals surface area contributed by atoms with Gasteiger partial charge in [-0.05, 0) is 12.1 Å². The van der Waals surface area contributed by atoms with Crippen LogP contribution in [0.25, 0.3) is 0 Å². The largest absolute Gasteiger partial charge is 0.477 e. The van der Waals surface area contributed by atoms with Crippen LogP contribution in [0.2, 0.25) is 0 Å². The Labute approximate surface area is 151 Å². The summed E-state index contributed by atoms with van der Waals surface area (Å²) in [5.41, 5.74) is 1.31. The van der Waals surface area contributed by atoms with Gasteiger partial charge in [-0.25, -0.2) is 9.59 Å². The molecule has 0 saturated carbocycles. The Hall–Kier alpha value is -3.00. The molecule has 2 aromatic rings. The van der Waals surface area contributed by atoms with E-state index in [1.165, 1.54) is 12.0 Å². The SMILES string of the molecule is O=C(NCCN1CCN(c2ccccc2)CC1)Nc1cocc1C(=O)O. The van der Waals surface area contributed by atoms with Crippen molar-refractivity contribution in [3.05, 3.63) is 48.4 Å². The van der Waals surface area contributed by atoms with Crippen LogP contribution in [0.3, 0.4) is 0 Å². The number of para-hydroxylation sites is 1. The lowest BCUT2D eigenvalue weighted by Gasteiger charge is -2.36. The van der Waals surface area contributed by atoms with E-state index in [1.807, 2.05) is 18.2 Å². The molecule has 3 N–H and O–H groups in total. The summed E-state index contributed by atoms with van der Waals surface area (Å²) in [7, 11) is 0. The van der Waals surface area contributed by atoms with E-state index in [1.54, 1.807) is 0 Å². The molecule has 0 aliphatic carbocycles. The van der Waals surface area contributed by atoms with Gasteiger partial charge in [0.05, 0.1) is 5.69 Å². The second-order valence-corrected chi connectivity index (χ2v) is 6.05. The molecular weight excluding hydrogens is 336 g/mol. The van der Waals surface area contributed by atoms with Crippen LogP contribution in [-0.4, -0.2) is 61.3 Å². The minimum atomic E-state index is -1.15. The second kappa shape index (κ2) is 8.39. The minimum Gasteiger partial charge on any atom is -0.477 e. The topological polar surface area (TPSA) is 98.1 Å². The zero-order valence-electron chi connectivity index (χ0n) is 14.4. The number of rotatable bonds is 6. The molecule has 8 nitrogen and oxygen atoms in total. The molecule has 3 rings (SSSR count). The fourth-order valence-corrected chi connectivity index (χ4v) is 2.92. The Morgan fingerprint density at radius 1 is 1.08 bits per heavy atom. The molecule has 138 valence electrons. The molecule has 1 aromatic carbocycles. The zero-order valence-corrected chi connectivity index (χ0v) is 14.4. The number of amides is 2. The molecule has 0 bridgehead atoms. The summed E-state index contributed by atoms with van der Waals surface area (Å²) in [6.45, 7) is 5.00. The summed E-state index contributed by atoms with van der Waals surface area (Å²) in [6, 6.07) is 9.88. The molecule has 2 heterocycles. The molecule has 26 heavy (non-hydrogen) atoms. The number of benzene rings is 1. The third-order valence-electron chi connectivity index (χ3n) is 4.35. The number of aromatic carboxylic acids is 1. The predicted molar refractivity (Wildman–Crippen MR) is 97.8 cm³/mol. The van der Waals surface area contributed by atoms with Gasteiger partial charge in [0.1, 0.15) is 18.1 Å². The highest BCUT2D eigenvalue weighted by atomic mass is 16.4. The summed E-state index contributed by atoms with van der Waals surface area (Å²) in [5, 5.41) is 14.2. The fraction of sp³-hybridized carbons (Fsp3) is 0.333. The van der Waals surface area contributed by atoms with Crippen LogP contribution in [0.5, 0.6) is 0 Å². The molecule has 1 saturated heterocycles. The number of hydrogen-bond donors (Lipinski definition) is 3. The van der Waals surface area contributed by atoms with Crippen molar-refractivity contribution in [2.45, 2.75) is 0 Å². The molecule has 2 amide bonds. The van der Waals surface area contributed by atoms with Crippen LogP contribution >= 0.6 is 0 Å². The summed E-state index contributed by atoms with van der Waals surface area (Å²) in [6.07, 6.45) is 2.29. The summed E-state index contributed by atoms with van der Waals surface area (Å²) >= 11 is 0. The number of carboxylic acids is 1. The third kappa shape index (κ3) is 4.54. The first kappa shape index (κ1) is 17.8. The fourth-order valence-electron chi connectivity index (χ4n) is 2.92. The number of nitrogens with zero attached hydrogens (tertiary/aromatic N) is 2. The second-order valence-electron chi connectivity index (χ2n) is 6.05. The van der Waals surface area contributed by atoms with Gasteiger partial charge in [-0.3, -0.25) is 4.90 Å². The Morgan fingerprint density at radius 2 is 1.81 bits per heavy atom. The summed E-state index contributed by atoms with van der Waals surface area (Å²) in [5.74, 6) is -1.15. The van der Waals surface area contributed by atoms with Crippen molar-refractivity contribution in [2.75, 3.05) is 49.5 Å². The van der Waals surface area contributed by atoms with Gasteiger partial charge in [-0.1, -0.05) is 18.2 Å². The molecule has 0 spiro atoms. The third-order valence-corrected chi connectivity index (χ3v) is 4.35. The van der Waals surface area contributed by atoms with E-state index in [4.69, 9.17) is 9.52 Å². The predicted octanol–water partition coefficient (Wildman–Crippen LogP) is 1.92. The molecule has 0 atom stereocenters. The molecule has 8 heteroatoms. The molecule has 0 unspecified atom stereocenters. The number of nitrogens with one attached hydrogen (secondary N) is 2. The number of piperazine rings is 1. The maximum atomic E-state index is 11.9. The maximum absolute atomic E-state index is 11.9. The normalized spacial score (nSPS) is 14.8. The van der Waals surface area contributed by atoms with Crippen LogP contribution in [0.15, 0.2) is 47.3 Å². The number of furan rings is 1. The highest BCUT2D eigenvalue weighted by Gasteiger charge is 2.17. The van der Waals surface area contributed by atoms with Gasteiger partial charge in [0, 0.05) is 45.0 Å². The van der Waals surface area contributed by atoms with Crippen molar-refractivity contribution >= 4 is 23.4 Å². The van der Waals surface area contributed by atoms with Gasteiger partial charge in [0.2, 0.25) is 0 Å². The van der Waals surface area contributed by atoms with E-state index in [9.17, 15) is 9.59 Å². The van der Waals surface area contributed by atoms with Gasteiger partial charge < -0.3 is 25.1 Å². The van der Waals surface area contributed by atoms with E-state index in [0.717, 1.165) is 39.0 Å². The first-order chi connectivity index (χ1) is 12.6. The first-order valence-corrected chi connectivity index (χ1v) is 8.50. The van der Waals surface area contributed by atoms with E-state index in [-0.39, 0.29) is 11.3 Å². The van der Waals surface area contributed by atoms with Crippen LogP contribution < -0.4 is 15.5 Å². The smallest absolute Gasteiger partial charge is 0.341 e. The Kier molecular flexibility index (Phi) is 5.75. The highest BCUT2D eigenvalue weighted by Crippen LogP contribution is 2.16. The lowest BCUT2D eigenvalue weighted by atomic mass is 10.2. The lowest BCUT2D eigenvalue weighted by molar-refractivity contribution is 0.0697. The quantitative estimate of drug-likeness (QED) is 0.730. The summed E-state index contributed by atoms with van der Waals surface area (Å²) in [4.78, 5) is 27.5. The highest BCUT2D eigenvalue weighted by molar-refractivity contribution is 5.99. The Bertz CT molecular complexity index is 739. The number of carboxylic acid groups (broad SMARTS) is 1. The minimum absolute atomic E-state index is 0.0721. The number of carbonyl (C=O) groups is 2. The number of hydrogen-bond acceptors (Lipinski definition) is 5. The van der Waals surface area contributed by atoms with Crippen molar-refractivity contribution in [3.63, 3.8) is 0 Å². The van der Waals surface area contributed by atoms with Crippen LogP contribution in [0, 0.1) is 0 Å². The molecule has 1 aromatic heterocycles. The van der Waals surface area contributed by atoms with Crippen LogP contribution in [0.1, 0.15) is 10.4 Å². The van der Waals surface area contributed by atoms with Crippen LogP contribution in [0.4, 0.5) is 16.2 Å². The van der Waals surface area contributed by atoms with Gasteiger partial charge >= 0.3 is 12.0 Å². The van der Waals surface area contributed by atoms with E-state index >= 15 is 0 Å². The lowest BCUT2D eigenvalue weighted by Crippen LogP contribution is -2.48. The number of anilines is 2. The average Bonchev–Trinajstić information content (AvgIpc) is 3.11. The van der Waals surface area contributed by atoms with E-state index < -0.39 is 12.0 Å². The van der Waals surface area contributed by atoms with Crippen molar-refractivity contribution in [3.8, 4) is 0 Å². The number of urea groups is 1. The molecule has 1 aliphatic rings. The molecule has 0 radical (unpaired) electrons. The van der Waals surface area contributed by atoms with Gasteiger partial charge in [0.15, 0.2) is 0 Å². The van der Waals surface area contributed by atoms with E-state index in [0.29, 0.717) is 6.54 Å². The molecular formula is C18H22N4O4. The average molecular weight is 358 g/mol. The maximum Gasteiger partial charge on any atom is 0.341 e. The van der Waals surface area contributed by atoms with E-state index in [2.05, 4.69) is 32.6 Å². The van der Waals surface area contributed by atoms with Crippen LogP contribution in [-0.2, 0) is 0 Å². The zero-order chi connectivity index (χ0) is 18.4. The molecule has 1 aliphatic heterocycles. The monoisotopic (exact) mass is 358 g/mol. The standard InChI is InChI=1S/C18H22N4O4/c23-17(24)15-12-26-13-16(15)20-18(25)19-6-7-21-8-10-22(11-9-21)14-4-2-1-3-5-14/h1-5,12-13H,6-11H2,(H,23,24)(H2,19,20,25). The van der Waals surface area contributed by atoms with Crippen molar-refractivity contribution in [2.24, 2.45) is 0 Å². The van der Waals surface area contributed by atoms with Gasteiger partial charge in [-0.2, -0.15) is 0 Å². The molecule has 1 fully saturated rings. The van der Waals surface area contributed by atoms with Gasteiger partial charge in [-0.15, -0.1) is 0 Å². The Morgan fingerprint density at radius 3 is 2.50 bits per heavy atom. The van der Waals surface area contributed by atoms with Crippen molar-refractivity contribution < 1.29 is 19.1 Å². The van der Waals surface area contributed by atoms with Crippen molar-refractivity contribution in [1.82, 2.24) is 10.2 Å². The first-order valence-electron chi connectivity index (χ1n) is 8.50. The Balaban J connectivity index is 1.37. The summed E-state index contributed by atoms with van der Waals surface area (Å²) < 4.78 is 4.82. The number of carbonyl (C=O) groups excluding carboxylic acids is 1.